The number of nitro benzene ring substituents is 1. The largest absolute Gasteiger partial charge is 0.371 e. The highest BCUT2D eigenvalue weighted by Gasteiger charge is 2.23. The normalized spacial score (nSPS) is 14.1. The van der Waals surface area contributed by atoms with Gasteiger partial charge in [-0.3, -0.25) is 14.9 Å². The molecule has 1 aliphatic heterocycles. The number of nitrogens with one attached hydrogen (secondary N) is 2. The molecule has 10 heteroatoms. The first kappa shape index (κ1) is 19.8. The van der Waals surface area contributed by atoms with Gasteiger partial charge in [0.25, 0.3) is 11.6 Å². The summed E-state index contributed by atoms with van der Waals surface area (Å²) >= 11 is 0. The molecule has 0 atom stereocenters. The van der Waals surface area contributed by atoms with Crippen molar-refractivity contribution in [2.24, 2.45) is 0 Å². The predicted molar refractivity (Wildman–Crippen MR) is 105 cm³/mol. The number of anilines is 2. The molecule has 28 heavy (non-hydrogen) atoms. The molecule has 1 fully saturated rings. The van der Waals surface area contributed by atoms with Crippen molar-refractivity contribution in [2.45, 2.75) is 17.7 Å². The number of nitro groups is 1. The number of sulfonamides is 1. The quantitative estimate of drug-likeness (QED) is 0.563. The number of hydrogen-bond donors (Lipinski definition) is 2. The van der Waals surface area contributed by atoms with E-state index in [4.69, 9.17) is 0 Å². The minimum absolute atomic E-state index is 0.0705. The summed E-state index contributed by atoms with van der Waals surface area (Å²) in [5, 5.41) is 13.8. The summed E-state index contributed by atoms with van der Waals surface area (Å²) in [6.45, 7) is 1.57. The zero-order valence-electron chi connectivity index (χ0n) is 15.2. The van der Waals surface area contributed by atoms with E-state index in [-0.39, 0.29) is 16.1 Å². The Kier molecular flexibility index (Phi) is 5.61. The van der Waals surface area contributed by atoms with Crippen LogP contribution in [0, 0.1) is 10.1 Å². The molecule has 2 N–H and O–H groups in total. The van der Waals surface area contributed by atoms with Crippen LogP contribution in [0.2, 0.25) is 0 Å². The molecule has 0 saturated carbocycles. The van der Waals surface area contributed by atoms with Crippen LogP contribution in [0.25, 0.3) is 0 Å². The summed E-state index contributed by atoms with van der Waals surface area (Å²) in [5.41, 5.74) is 1.08. The van der Waals surface area contributed by atoms with Crippen molar-refractivity contribution in [1.29, 1.82) is 0 Å². The van der Waals surface area contributed by atoms with Crippen molar-refractivity contribution in [1.82, 2.24) is 4.72 Å². The molecular weight excluding hydrogens is 384 g/mol. The standard InChI is InChI=1S/C18H20N4O5S/c1-19-28(26,27)15-7-4-13(5-8-15)20-18(23)16-12-14(22(24)25)6-9-17(16)21-10-2-3-11-21/h4-9,12,19H,2-3,10-11H2,1H3,(H,20,23). The molecule has 9 nitrogen and oxygen atoms in total. The van der Waals surface area contributed by atoms with Crippen LogP contribution < -0.4 is 14.9 Å². The van der Waals surface area contributed by atoms with Gasteiger partial charge in [-0.15, -0.1) is 0 Å². The summed E-state index contributed by atoms with van der Waals surface area (Å²) in [6, 6.07) is 9.93. The fourth-order valence-electron chi connectivity index (χ4n) is 3.09. The van der Waals surface area contributed by atoms with Crippen molar-refractivity contribution in [3.05, 3.63) is 58.1 Å². The van der Waals surface area contributed by atoms with Gasteiger partial charge in [0.2, 0.25) is 10.0 Å². The number of nitrogens with zero attached hydrogens (tertiary/aromatic N) is 2. The van der Waals surface area contributed by atoms with Gasteiger partial charge in [-0.2, -0.15) is 0 Å². The second-order valence-corrected chi connectivity index (χ2v) is 8.23. The van der Waals surface area contributed by atoms with Gasteiger partial charge in [0.15, 0.2) is 0 Å². The molecule has 0 unspecified atom stereocenters. The van der Waals surface area contributed by atoms with Crippen LogP contribution in [0.5, 0.6) is 0 Å². The Morgan fingerprint density at radius 1 is 1.11 bits per heavy atom. The fraction of sp³-hybridized carbons (Fsp3) is 0.278. The first-order valence-corrected chi connectivity index (χ1v) is 10.2. The molecule has 0 aliphatic carbocycles. The maximum atomic E-state index is 12.8. The molecule has 1 amide bonds. The van der Waals surface area contributed by atoms with Gasteiger partial charge in [0.1, 0.15) is 0 Å². The van der Waals surface area contributed by atoms with Crippen molar-refractivity contribution in [3.63, 3.8) is 0 Å². The van der Waals surface area contributed by atoms with Gasteiger partial charge < -0.3 is 10.2 Å². The maximum Gasteiger partial charge on any atom is 0.270 e. The van der Waals surface area contributed by atoms with Gasteiger partial charge >= 0.3 is 0 Å². The van der Waals surface area contributed by atoms with Crippen molar-refractivity contribution in [3.8, 4) is 0 Å². The first-order chi connectivity index (χ1) is 13.3. The molecule has 2 aromatic rings. The summed E-state index contributed by atoms with van der Waals surface area (Å²) in [7, 11) is -2.26. The maximum absolute atomic E-state index is 12.8. The fourth-order valence-corrected chi connectivity index (χ4v) is 3.82. The summed E-state index contributed by atoms with van der Waals surface area (Å²) in [6.07, 6.45) is 2.00. The lowest BCUT2D eigenvalue weighted by Crippen LogP contribution is -2.23. The Morgan fingerprint density at radius 3 is 2.32 bits per heavy atom. The van der Waals surface area contributed by atoms with Gasteiger partial charge in [0.05, 0.1) is 21.1 Å². The van der Waals surface area contributed by atoms with Crippen molar-refractivity contribution in [2.75, 3.05) is 30.4 Å². The third-order valence-electron chi connectivity index (χ3n) is 4.57. The molecule has 0 radical (unpaired) electrons. The molecule has 1 aliphatic rings. The topological polar surface area (TPSA) is 122 Å². The average Bonchev–Trinajstić information content (AvgIpc) is 3.22. The Bertz CT molecular complexity index is 999. The summed E-state index contributed by atoms with van der Waals surface area (Å²) in [5.74, 6) is -0.491. The lowest BCUT2D eigenvalue weighted by molar-refractivity contribution is -0.384. The smallest absolute Gasteiger partial charge is 0.270 e. The molecule has 1 heterocycles. The first-order valence-electron chi connectivity index (χ1n) is 8.70. The second-order valence-electron chi connectivity index (χ2n) is 6.34. The van der Waals surface area contributed by atoms with Crippen LogP contribution in [0.4, 0.5) is 17.1 Å². The number of hydrogen-bond acceptors (Lipinski definition) is 6. The number of carbonyl (C=O) groups excluding carboxylic acids is 1. The molecule has 0 bridgehead atoms. The highest BCUT2D eigenvalue weighted by Crippen LogP contribution is 2.29. The zero-order valence-corrected chi connectivity index (χ0v) is 16.0. The third-order valence-corrected chi connectivity index (χ3v) is 6.00. The van der Waals surface area contributed by atoms with Crippen LogP contribution in [-0.2, 0) is 10.0 Å². The lowest BCUT2D eigenvalue weighted by atomic mass is 10.1. The lowest BCUT2D eigenvalue weighted by Gasteiger charge is -2.21. The van der Waals surface area contributed by atoms with Gasteiger partial charge in [0, 0.05) is 30.9 Å². The Labute approximate surface area is 162 Å². The average molecular weight is 404 g/mol. The summed E-state index contributed by atoms with van der Waals surface area (Å²) in [4.78, 5) is 25.5. The third kappa shape index (κ3) is 4.12. The van der Waals surface area contributed by atoms with Crippen molar-refractivity contribution >= 4 is 33.0 Å². The minimum atomic E-state index is -3.57. The second kappa shape index (κ2) is 7.95. The highest BCUT2D eigenvalue weighted by molar-refractivity contribution is 7.89. The van der Waals surface area contributed by atoms with E-state index >= 15 is 0 Å². The number of rotatable bonds is 6. The minimum Gasteiger partial charge on any atom is -0.371 e. The van der Waals surface area contributed by atoms with Crippen LogP contribution in [0.1, 0.15) is 23.2 Å². The van der Waals surface area contributed by atoms with E-state index in [9.17, 15) is 23.3 Å². The van der Waals surface area contributed by atoms with E-state index in [2.05, 4.69) is 10.0 Å². The number of amides is 1. The SMILES string of the molecule is CNS(=O)(=O)c1ccc(NC(=O)c2cc([N+](=O)[O-])ccc2N2CCCC2)cc1. The zero-order chi connectivity index (χ0) is 20.3. The highest BCUT2D eigenvalue weighted by atomic mass is 32.2. The van der Waals surface area contributed by atoms with Gasteiger partial charge in [-0.25, -0.2) is 13.1 Å². The van der Waals surface area contributed by atoms with Crippen LogP contribution in [0.3, 0.4) is 0 Å². The number of benzene rings is 2. The molecule has 148 valence electrons. The Hall–Kier alpha value is -2.98. The van der Waals surface area contributed by atoms with E-state index in [0.29, 0.717) is 11.4 Å². The summed E-state index contributed by atoms with van der Waals surface area (Å²) < 4.78 is 25.8. The molecule has 1 saturated heterocycles. The predicted octanol–water partition coefficient (Wildman–Crippen LogP) is 2.36. The Morgan fingerprint density at radius 2 is 1.75 bits per heavy atom. The molecule has 2 aromatic carbocycles. The molecule has 0 spiro atoms. The van der Waals surface area contributed by atoms with Crippen LogP contribution in [0.15, 0.2) is 47.4 Å². The molecule has 0 aromatic heterocycles. The van der Waals surface area contributed by atoms with E-state index in [1.54, 1.807) is 6.07 Å². The molecular formula is C18H20N4O5S. The van der Waals surface area contributed by atoms with E-state index in [1.807, 2.05) is 4.90 Å². The monoisotopic (exact) mass is 404 g/mol. The Balaban J connectivity index is 1.88. The van der Waals surface area contributed by atoms with Crippen LogP contribution >= 0.6 is 0 Å². The number of non-ortho nitro benzene ring substituents is 1. The van der Waals surface area contributed by atoms with E-state index in [1.165, 1.54) is 43.4 Å². The number of carbonyl (C=O) groups is 1. The van der Waals surface area contributed by atoms with Gasteiger partial charge in [-0.1, -0.05) is 0 Å². The van der Waals surface area contributed by atoms with Crippen LogP contribution in [-0.4, -0.2) is 39.4 Å². The van der Waals surface area contributed by atoms with E-state index < -0.39 is 20.9 Å². The van der Waals surface area contributed by atoms with Crippen molar-refractivity contribution < 1.29 is 18.1 Å². The van der Waals surface area contributed by atoms with Gasteiger partial charge in [-0.05, 0) is 50.2 Å². The molecule has 3 rings (SSSR count). The van der Waals surface area contributed by atoms with E-state index in [0.717, 1.165) is 25.9 Å².